The Morgan fingerprint density at radius 3 is 2.71 bits per heavy atom. The van der Waals surface area contributed by atoms with E-state index < -0.39 is 5.41 Å². The highest BCUT2D eigenvalue weighted by molar-refractivity contribution is 5.84. The number of Topliss-reactive ketones (excluding diaryl/α,β-unsaturated/α-hetero) is 1. The molecular weight excluding hydrogens is 219 g/mol. The van der Waals surface area contributed by atoms with E-state index in [-0.39, 0.29) is 23.3 Å². The Hall–Kier alpha value is -1.38. The summed E-state index contributed by atoms with van der Waals surface area (Å²) < 4.78 is 13.2. The lowest BCUT2D eigenvalue weighted by Crippen LogP contribution is -2.23. The predicted molar refractivity (Wildman–Crippen MR) is 63.4 cm³/mol. The van der Waals surface area contributed by atoms with Gasteiger partial charge in [-0.1, -0.05) is 13.8 Å². The summed E-state index contributed by atoms with van der Waals surface area (Å²) in [5.41, 5.74) is -0.0159. The van der Waals surface area contributed by atoms with Crippen LogP contribution < -0.4 is 0 Å². The number of carbonyl (C=O) groups excluding carboxylic acids is 1. The van der Waals surface area contributed by atoms with Crippen LogP contribution in [0.1, 0.15) is 38.7 Å². The van der Waals surface area contributed by atoms with Crippen molar-refractivity contribution in [1.82, 2.24) is 0 Å². The van der Waals surface area contributed by atoms with Crippen LogP contribution in [0.4, 0.5) is 4.39 Å². The minimum atomic E-state index is -0.522. The quantitative estimate of drug-likeness (QED) is 0.871. The second kappa shape index (κ2) is 4.13. The summed E-state index contributed by atoms with van der Waals surface area (Å²) in [7, 11) is 0. The fourth-order valence-corrected chi connectivity index (χ4v) is 2.13. The molecule has 92 valence electrons. The van der Waals surface area contributed by atoms with Crippen molar-refractivity contribution in [3.63, 3.8) is 0 Å². The van der Waals surface area contributed by atoms with Gasteiger partial charge in [0.25, 0.3) is 0 Å². The minimum absolute atomic E-state index is 0.0556. The first-order valence-corrected chi connectivity index (χ1v) is 5.92. The fraction of sp³-hybridized carbons (Fsp3) is 0.500. The summed E-state index contributed by atoms with van der Waals surface area (Å²) >= 11 is 0. The predicted octanol–water partition coefficient (Wildman–Crippen LogP) is 3.18. The Labute approximate surface area is 100 Å². The highest BCUT2D eigenvalue weighted by Crippen LogP contribution is 2.39. The number of phenols is 1. The van der Waals surface area contributed by atoms with Gasteiger partial charge in [-0.2, -0.15) is 0 Å². The number of rotatable bonds is 4. The molecule has 2 nitrogen and oxygen atoms in total. The molecule has 1 aliphatic carbocycles. The van der Waals surface area contributed by atoms with Crippen LogP contribution in [0.25, 0.3) is 0 Å². The average Bonchev–Trinajstić information content (AvgIpc) is 3.04. The van der Waals surface area contributed by atoms with E-state index in [4.69, 9.17) is 0 Å². The van der Waals surface area contributed by atoms with Gasteiger partial charge in [-0.3, -0.25) is 4.79 Å². The molecule has 17 heavy (non-hydrogen) atoms. The Balaban J connectivity index is 2.23. The van der Waals surface area contributed by atoms with Crippen molar-refractivity contribution in [2.24, 2.45) is 5.92 Å². The number of hydrogen-bond donors (Lipinski definition) is 1. The molecule has 0 bridgehead atoms. The highest BCUT2D eigenvalue weighted by atomic mass is 19.1. The first kappa shape index (κ1) is 12.1. The van der Waals surface area contributed by atoms with E-state index >= 15 is 0 Å². The molecule has 1 aromatic rings. The monoisotopic (exact) mass is 236 g/mol. The summed E-state index contributed by atoms with van der Waals surface area (Å²) in [5.74, 6) is 0.0911. The number of halogens is 1. The van der Waals surface area contributed by atoms with Crippen molar-refractivity contribution >= 4 is 5.78 Å². The minimum Gasteiger partial charge on any atom is -0.508 e. The molecule has 0 amide bonds. The maximum Gasteiger partial charge on any atom is 0.136 e. The third-order valence-corrected chi connectivity index (χ3v) is 3.34. The fourth-order valence-electron chi connectivity index (χ4n) is 2.13. The van der Waals surface area contributed by atoms with Gasteiger partial charge in [0, 0.05) is 23.3 Å². The number of ketones is 1. The highest BCUT2D eigenvalue weighted by Gasteiger charge is 2.35. The van der Waals surface area contributed by atoms with Crippen LogP contribution in [0, 0.1) is 11.7 Å². The molecule has 0 saturated heterocycles. The Morgan fingerprint density at radius 2 is 2.12 bits per heavy atom. The zero-order chi connectivity index (χ0) is 12.6. The summed E-state index contributed by atoms with van der Waals surface area (Å²) in [6.07, 6.45) is 2.31. The van der Waals surface area contributed by atoms with Crippen LogP contribution in [-0.2, 0) is 10.2 Å². The summed E-state index contributed by atoms with van der Waals surface area (Å²) in [6, 6.07) is 3.88. The number of aromatic hydroxyl groups is 1. The van der Waals surface area contributed by atoms with Crippen molar-refractivity contribution in [2.45, 2.75) is 38.5 Å². The van der Waals surface area contributed by atoms with Gasteiger partial charge in [-0.15, -0.1) is 0 Å². The normalized spacial score (nSPS) is 15.9. The van der Waals surface area contributed by atoms with Crippen LogP contribution >= 0.6 is 0 Å². The van der Waals surface area contributed by atoms with E-state index in [2.05, 4.69) is 0 Å². The van der Waals surface area contributed by atoms with E-state index in [1.165, 1.54) is 18.2 Å². The van der Waals surface area contributed by atoms with Crippen molar-refractivity contribution in [3.8, 4) is 5.75 Å². The van der Waals surface area contributed by atoms with Gasteiger partial charge in [0.1, 0.15) is 17.3 Å². The third-order valence-electron chi connectivity index (χ3n) is 3.34. The zero-order valence-corrected chi connectivity index (χ0v) is 10.2. The molecule has 0 unspecified atom stereocenters. The smallest absolute Gasteiger partial charge is 0.136 e. The zero-order valence-electron chi connectivity index (χ0n) is 10.2. The van der Waals surface area contributed by atoms with Gasteiger partial charge in [0.05, 0.1) is 0 Å². The van der Waals surface area contributed by atoms with Gasteiger partial charge >= 0.3 is 0 Å². The first-order chi connectivity index (χ1) is 7.90. The van der Waals surface area contributed by atoms with Gasteiger partial charge in [-0.25, -0.2) is 4.39 Å². The van der Waals surface area contributed by atoms with Crippen LogP contribution in [0.15, 0.2) is 18.2 Å². The SMILES string of the molecule is CC(C)(CC(=O)C1CC1)c1cc(F)ccc1O. The van der Waals surface area contributed by atoms with Crippen molar-refractivity contribution in [1.29, 1.82) is 0 Å². The molecule has 3 heteroatoms. The largest absolute Gasteiger partial charge is 0.508 e. The number of phenolic OH excluding ortho intramolecular Hbond substituents is 1. The van der Waals surface area contributed by atoms with Crippen molar-refractivity contribution in [2.75, 3.05) is 0 Å². The molecule has 0 aromatic heterocycles. The van der Waals surface area contributed by atoms with E-state index in [9.17, 15) is 14.3 Å². The number of hydrogen-bond acceptors (Lipinski definition) is 2. The number of benzene rings is 1. The molecule has 0 spiro atoms. The van der Waals surface area contributed by atoms with E-state index in [0.717, 1.165) is 12.8 Å². The maximum atomic E-state index is 13.2. The molecule has 1 aliphatic rings. The van der Waals surface area contributed by atoms with Gasteiger partial charge < -0.3 is 5.11 Å². The maximum absolute atomic E-state index is 13.2. The molecule has 1 N–H and O–H groups in total. The van der Waals surface area contributed by atoms with Crippen LogP contribution in [0.3, 0.4) is 0 Å². The van der Waals surface area contributed by atoms with Crippen LogP contribution in [-0.4, -0.2) is 10.9 Å². The lowest BCUT2D eigenvalue weighted by atomic mass is 9.79. The summed E-state index contributed by atoms with van der Waals surface area (Å²) in [4.78, 5) is 11.8. The second-order valence-corrected chi connectivity index (χ2v) is 5.46. The summed E-state index contributed by atoms with van der Waals surface area (Å²) in [6.45, 7) is 3.73. The van der Waals surface area contributed by atoms with Gasteiger partial charge in [-0.05, 0) is 31.0 Å². The molecular formula is C14H17FO2. The molecule has 1 aromatic carbocycles. The van der Waals surface area contributed by atoms with Crippen LogP contribution in [0.5, 0.6) is 5.75 Å². The van der Waals surface area contributed by atoms with Gasteiger partial charge in [0.15, 0.2) is 0 Å². The van der Waals surface area contributed by atoms with Crippen LogP contribution in [0.2, 0.25) is 0 Å². The molecule has 1 fully saturated rings. The Kier molecular flexibility index (Phi) is 2.94. The van der Waals surface area contributed by atoms with Gasteiger partial charge in [0.2, 0.25) is 0 Å². The molecule has 0 radical (unpaired) electrons. The Morgan fingerprint density at radius 1 is 1.47 bits per heavy atom. The molecule has 1 saturated carbocycles. The Bertz CT molecular complexity index is 448. The standard InChI is InChI=1S/C14H17FO2/c1-14(2,8-13(17)9-3-4-9)11-7-10(15)5-6-12(11)16/h5-7,9,16H,3-4,8H2,1-2H3. The average molecular weight is 236 g/mol. The second-order valence-electron chi connectivity index (χ2n) is 5.46. The van der Waals surface area contributed by atoms with Crippen molar-refractivity contribution in [3.05, 3.63) is 29.6 Å². The summed E-state index contributed by atoms with van der Waals surface area (Å²) in [5, 5.41) is 9.76. The number of carbonyl (C=O) groups is 1. The van der Waals surface area contributed by atoms with E-state index in [0.29, 0.717) is 12.0 Å². The topological polar surface area (TPSA) is 37.3 Å². The third kappa shape index (κ3) is 2.65. The molecule has 0 atom stereocenters. The lowest BCUT2D eigenvalue weighted by Gasteiger charge is -2.25. The molecule has 2 rings (SSSR count). The lowest BCUT2D eigenvalue weighted by molar-refractivity contribution is -0.121. The van der Waals surface area contributed by atoms with E-state index in [1.54, 1.807) is 0 Å². The molecule has 0 aliphatic heterocycles. The van der Waals surface area contributed by atoms with Crippen molar-refractivity contribution < 1.29 is 14.3 Å². The van der Waals surface area contributed by atoms with E-state index in [1.807, 2.05) is 13.8 Å². The molecule has 0 heterocycles. The first-order valence-electron chi connectivity index (χ1n) is 5.92.